The number of hydrogen-bond donors (Lipinski definition) is 4. The number of hydrogen-bond acceptors (Lipinski definition) is 5. The van der Waals surface area contributed by atoms with Crippen LogP contribution < -0.4 is 10.6 Å². The van der Waals surface area contributed by atoms with E-state index >= 15 is 0 Å². The molecular formula is C11H19N3O2. The monoisotopic (exact) mass is 225 g/mol. The molecule has 16 heavy (non-hydrogen) atoms. The highest BCUT2D eigenvalue weighted by molar-refractivity contribution is 5.51. The van der Waals surface area contributed by atoms with Gasteiger partial charge in [0.1, 0.15) is 11.4 Å². The van der Waals surface area contributed by atoms with E-state index in [0.717, 1.165) is 18.1 Å². The summed E-state index contributed by atoms with van der Waals surface area (Å²) >= 11 is 0. The number of nitrogens with zero attached hydrogens (tertiary/aromatic N) is 1. The lowest BCUT2D eigenvalue weighted by Gasteiger charge is -2.21. The maximum absolute atomic E-state index is 9.61. The minimum atomic E-state index is -1.11. The fraction of sp³-hybridized carbons (Fsp3) is 0.545. The second-order valence-electron chi connectivity index (χ2n) is 3.97. The van der Waals surface area contributed by atoms with E-state index in [1.165, 1.54) is 0 Å². The van der Waals surface area contributed by atoms with Crippen molar-refractivity contribution < 1.29 is 10.2 Å². The van der Waals surface area contributed by atoms with Gasteiger partial charge in [-0.2, -0.15) is 0 Å². The van der Waals surface area contributed by atoms with E-state index in [1.807, 2.05) is 19.1 Å². The topological polar surface area (TPSA) is 77.4 Å². The van der Waals surface area contributed by atoms with Crippen molar-refractivity contribution in [1.29, 1.82) is 0 Å². The Bertz CT molecular complexity index is 329. The molecule has 0 aliphatic heterocycles. The minimum Gasteiger partial charge on any atom is -0.393 e. The number of nitrogens with one attached hydrogen (secondary N) is 2. The normalized spacial score (nSPS) is 14.2. The van der Waals surface area contributed by atoms with Crippen LogP contribution in [0.3, 0.4) is 0 Å². The molecule has 1 heterocycles. The number of aromatic nitrogens is 1. The lowest BCUT2D eigenvalue weighted by atomic mass is 10.1. The molecule has 0 bridgehead atoms. The summed E-state index contributed by atoms with van der Waals surface area (Å²) in [5.74, 6) is 0.788. The molecule has 0 aromatic carbocycles. The summed E-state index contributed by atoms with van der Waals surface area (Å²) in [7, 11) is 0. The van der Waals surface area contributed by atoms with Crippen molar-refractivity contribution in [2.75, 3.05) is 30.3 Å². The molecule has 5 heteroatoms. The number of rotatable bonds is 6. The third kappa shape index (κ3) is 4.04. The van der Waals surface area contributed by atoms with Crippen molar-refractivity contribution in [2.24, 2.45) is 0 Å². The van der Waals surface area contributed by atoms with Gasteiger partial charge in [0.25, 0.3) is 0 Å². The second kappa shape index (κ2) is 5.67. The molecule has 0 amide bonds. The van der Waals surface area contributed by atoms with Crippen molar-refractivity contribution in [3.8, 4) is 0 Å². The molecule has 0 saturated carbocycles. The standard InChI is InChI=1S/C11H19N3O2/c1-3-12-10-6-9(4-5-13-10)14-7-11(2,16)8-15/h4-6,15-16H,3,7-8H2,1-2H3,(H2,12,13,14). The molecule has 0 aliphatic carbocycles. The summed E-state index contributed by atoms with van der Waals surface area (Å²) in [5, 5.41) is 24.7. The van der Waals surface area contributed by atoms with Crippen molar-refractivity contribution in [1.82, 2.24) is 4.98 Å². The first-order valence-corrected chi connectivity index (χ1v) is 5.34. The van der Waals surface area contributed by atoms with Crippen LogP contribution in [0.5, 0.6) is 0 Å². The smallest absolute Gasteiger partial charge is 0.127 e. The van der Waals surface area contributed by atoms with E-state index in [-0.39, 0.29) is 6.61 Å². The molecule has 1 unspecified atom stereocenters. The van der Waals surface area contributed by atoms with Crippen LogP contribution in [-0.2, 0) is 0 Å². The lowest BCUT2D eigenvalue weighted by Crippen LogP contribution is -2.37. The largest absolute Gasteiger partial charge is 0.393 e. The second-order valence-corrected chi connectivity index (χ2v) is 3.97. The van der Waals surface area contributed by atoms with Gasteiger partial charge in [0.2, 0.25) is 0 Å². The third-order valence-electron chi connectivity index (χ3n) is 2.13. The summed E-state index contributed by atoms with van der Waals surface area (Å²) < 4.78 is 0. The molecular weight excluding hydrogens is 206 g/mol. The fourth-order valence-electron chi connectivity index (χ4n) is 1.17. The van der Waals surface area contributed by atoms with Crippen molar-refractivity contribution in [3.05, 3.63) is 18.3 Å². The van der Waals surface area contributed by atoms with Crippen LogP contribution >= 0.6 is 0 Å². The van der Waals surface area contributed by atoms with Gasteiger partial charge in [-0.15, -0.1) is 0 Å². The summed E-state index contributed by atoms with van der Waals surface area (Å²) in [6.07, 6.45) is 1.69. The zero-order chi connectivity index (χ0) is 12.0. The molecule has 1 atom stereocenters. The molecule has 1 rings (SSSR count). The molecule has 0 spiro atoms. The zero-order valence-electron chi connectivity index (χ0n) is 9.70. The predicted octanol–water partition coefficient (Wildman–Crippen LogP) is 0.669. The van der Waals surface area contributed by atoms with Crippen molar-refractivity contribution in [2.45, 2.75) is 19.4 Å². The van der Waals surface area contributed by atoms with Crippen LogP contribution in [0.15, 0.2) is 18.3 Å². The molecule has 0 aliphatic rings. The van der Waals surface area contributed by atoms with E-state index in [0.29, 0.717) is 6.54 Å². The Hall–Kier alpha value is -1.33. The Morgan fingerprint density at radius 3 is 2.81 bits per heavy atom. The van der Waals surface area contributed by atoms with E-state index in [1.54, 1.807) is 13.1 Å². The van der Waals surface area contributed by atoms with E-state index < -0.39 is 5.60 Å². The van der Waals surface area contributed by atoms with Gasteiger partial charge in [-0.3, -0.25) is 0 Å². The molecule has 0 radical (unpaired) electrons. The first-order valence-electron chi connectivity index (χ1n) is 5.34. The zero-order valence-corrected chi connectivity index (χ0v) is 9.70. The van der Waals surface area contributed by atoms with Gasteiger partial charge >= 0.3 is 0 Å². The summed E-state index contributed by atoms with van der Waals surface area (Å²) in [6.45, 7) is 4.40. The van der Waals surface area contributed by atoms with Gasteiger partial charge in [-0.25, -0.2) is 4.98 Å². The number of aliphatic hydroxyl groups excluding tert-OH is 1. The van der Waals surface area contributed by atoms with Gasteiger partial charge in [0.05, 0.1) is 6.61 Å². The van der Waals surface area contributed by atoms with Crippen LogP contribution in [0.4, 0.5) is 11.5 Å². The van der Waals surface area contributed by atoms with Crippen LogP contribution in [0.1, 0.15) is 13.8 Å². The fourth-order valence-corrected chi connectivity index (χ4v) is 1.17. The van der Waals surface area contributed by atoms with Gasteiger partial charge < -0.3 is 20.8 Å². The van der Waals surface area contributed by atoms with Crippen LogP contribution in [0, 0.1) is 0 Å². The molecule has 1 aromatic rings. The van der Waals surface area contributed by atoms with Gasteiger partial charge in [0, 0.05) is 31.0 Å². The van der Waals surface area contributed by atoms with Crippen molar-refractivity contribution in [3.63, 3.8) is 0 Å². The lowest BCUT2D eigenvalue weighted by molar-refractivity contribution is 0.0132. The van der Waals surface area contributed by atoms with Gasteiger partial charge in [0.15, 0.2) is 0 Å². The summed E-state index contributed by atoms with van der Waals surface area (Å²) in [5.41, 5.74) is -0.249. The highest BCUT2D eigenvalue weighted by Gasteiger charge is 2.18. The molecule has 4 N–H and O–H groups in total. The average Bonchev–Trinajstić information content (AvgIpc) is 2.28. The van der Waals surface area contributed by atoms with Crippen LogP contribution in [-0.4, -0.2) is 40.5 Å². The quantitative estimate of drug-likeness (QED) is 0.572. The van der Waals surface area contributed by atoms with E-state index in [4.69, 9.17) is 5.11 Å². The van der Waals surface area contributed by atoms with Crippen molar-refractivity contribution >= 4 is 11.5 Å². The third-order valence-corrected chi connectivity index (χ3v) is 2.13. The van der Waals surface area contributed by atoms with E-state index in [9.17, 15) is 5.11 Å². The molecule has 5 nitrogen and oxygen atoms in total. The number of anilines is 2. The SMILES string of the molecule is CCNc1cc(NCC(C)(O)CO)ccn1. The Balaban J connectivity index is 2.57. The highest BCUT2D eigenvalue weighted by atomic mass is 16.3. The Morgan fingerprint density at radius 1 is 1.44 bits per heavy atom. The minimum absolute atomic E-state index is 0.273. The Morgan fingerprint density at radius 2 is 2.19 bits per heavy atom. The maximum atomic E-state index is 9.61. The summed E-state index contributed by atoms with van der Waals surface area (Å²) in [6, 6.07) is 3.67. The maximum Gasteiger partial charge on any atom is 0.127 e. The van der Waals surface area contributed by atoms with Gasteiger partial charge in [-0.05, 0) is 19.9 Å². The average molecular weight is 225 g/mol. The molecule has 1 aromatic heterocycles. The number of aliphatic hydroxyl groups is 2. The molecule has 0 fully saturated rings. The number of pyridine rings is 1. The Labute approximate surface area is 95.5 Å². The van der Waals surface area contributed by atoms with Gasteiger partial charge in [-0.1, -0.05) is 0 Å². The highest BCUT2D eigenvalue weighted by Crippen LogP contribution is 2.13. The summed E-state index contributed by atoms with van der Waals surface area (Å²) in [4.78, 5) is 4.13. The van der Waals surface area contributed by atoms with E-state index in [2.05, 4.69) is 15.6 Å². The molecule has 0 saturated heterocycles. The Kier molecular flexibility index (Phi) is 4.52. The van der Waals surface area contributed by atoms with Crippen LogP contribution in [0.2, 0.25) is 0 Å². The predicted molar refractivity (Wildman–Crippen MR) is 64.6 cm³/mol. The first kappa shape index (κ1) is 12.7. The molecule has 90 valence electrons. The van der Waals surface area contributed by atoms with Crippen LogP contribution in [0.25, 0.3) is 0 Å². The first-order chi connectivity index (χ1) is 7.57.